The number of nitriles is 1. The number of carbonyl (C=O) groups is 1. The Kier molecular flexibility index (Phi) is 7.95. The zero-order chi connectivity index (χ0) is 22.2. The van der Waals surface area contributed by atoms with Crippen molar-refractivity contribution in [3.05, 3.63) is 47.9 Å². The fraction of sp³-hybridized carbons (Fsp3) is 0.455. The van der Waals surface area contributed by atoms with Gasteiger partial charge in [0.1, 0.15) is 22.8 Å². The Morgan fingerprint density at radius 1 is 1.26 bits per heavy atom. The van der Waals surface area contributed by atoms with E-state index in [2.05, 4.69) is 11.0 Å². The molecule has 1 aliphatic heterocycles. The number of piperazine rings is 1. The van der Waals surface area contributed by atoms with Crippen LogP contribution in [0.1, 0.15) is 31.6 Å². The number of hydrogen-bond donors (Lipinski definition) is 0. The van der Waals surface area contributed by atoms with Gasteiger partial charge in [0.25, 0.3) is 0 Å². The summed E-state index contributed by atoms with van der Waals surface area (Å²) in [5, 5.41) is 9.79. The molecule has 0 saturated carbocycles. The Balaban J connectivity index is 1.79. The van der Waals surface area contributed by atoms with Crippen LogP contribution in [0.2, 0.25) is 0 Å². The van der Waals surface area contributed by atoms with Gasteiger partial charge in [0.2, 0.25) is 0 Å². The number of hydrogen-bond acceptors (Lipinski definition) is 6. The average molecular weight is 445 g/mol. The molecular formula is C22H28N4O4S. The smallest absolute Gasteiger partial charge is 0.409 e. The van der Waals surface area contributed by atoms with Gasteiger partial charge in [-0.15, -0.1) is 0 Å². The first-order valence-electron chi connectivity index (χ1n) is 10.5. The van der Waals surface area contributed by atoms with Crippen LogP contribution >= 0.6 is 0 Å². The fourth-order valence-corrected chi connectivity index (χ4v) is 4.69. The van der Waals surface area contributed by atoms with Gasteiger partial charge in [0.05, 0.1) is 36.4 Å². The minimum atomic E-state index is -1.23. The van der Waals surface area contributed by atoms with E-state index in [1.165, 1.54) is 0 Å². The molecule has 1 saturated heterocycles. The van der Waals surface area contributed by atoms with Crippen molar-refractivity contribution in [2.24, 2.45) is 0 Å². The second kappa shape index (κ2) is 10.9. The molecular weight excluding hydrogens is 416 g/mol. The lowest BCUT2D eigenvalue weighted by molar-refractivity contribution is 0.105. The summed E-state index contributed by atoms with van der Waals surface area (Å²) < 4.78 is 25.1. The highest BCUT2D eigenvalue weighted by molar-refractivity contribution is 7.86. The Labute approximate surface area is 185 Å². The molecule has 1 atom stereocenters. The molecule has 0 radical (unpaired) electrons. The maximum atomic E-state index is 12.9. The highest BCUT2D eigenvalue weighted by atomic mass is 32.2. The second-order valence-electron chi connectivity index (χ2n) is 7.13. The van der Waals surface area contributed by atoms with E-state index in [0.717, 1.165) is 12.1 Å². The van der Waals surface area contributed by atoms with Crippen LogP contribution in [-0.4, -0.2) is 53.7 Å². The first-order valence-corrected chi connectivity index (χ1v) is 11.7. The predicted molar refractivity (Wildman–Crippen MR) is 120 cm³/mol. The first-order chi connectivity index (χ1) is 15.1. The summed E-state index contributed by atoms with van der Waals surface area (Å²) in [6, 6.07) is 11.5. The summed E-state index contributed by atoms with van der Waals surface area (Å²) in [5.41, 5.74) is 2.04. The summed E-state index contributed by atoms with van der Waals surface area (Å²) in [6.45, 7) is 6.80. The Morgan fingerprint density at radius 2 is 2.03 bits per heavy atom. The third kappa shape index (κ3) is 5.58. The molecule has 1 aromatic carbocycles. The van der Waals surface area contributed by atoms with Crippen molar-refractivity contribution in [1.82, 2.24) is 4.90 Å². The summed E-state index contributed by atoms with van der Waals surface area (Å²) in [5.74, 6) is 1.24. The standard InChI is InChI=1S/C22H28N4O4S/c1-3-14-31(28)26(17-20-6-5-13-30-20)19-7-8-21(18(15-19)16-23)24-9-11-25(12-10-24)22(27)29-4-2/h5-8,13,15H,3-4,9-12,14,17H2,1-2H3. The molecule has 0 N–H and O–H groups in total. The fourth-order valence-electron chi connectivity index (χ4n) is 3.50. The molecule has 2 aromatic rings. The molecule has 9 heteroatoms. The van der Waals surface area contributed by atoms with Crippen molar-refractivity contribution in [2.45, 2.75) is 26.8 Å². The van der Waals surface area contributed by atoms with Crippen molar-refractivity contribution < 1.29 is 18.2 Å². The van der Waals surface area contributed by atoms with Gasteiger partial charge >= 0.3 is 6.09 Å². The molecule has 3 rings (SSSR count). The number of rotatable bonds is 8. The molecule has 1 aromatic heterocycles. The van der Waals surface area contributed by atoms with E-state index in [1.807, 2.05) is 25.1 Å². The number of ether oxygens (including phenoxy) is 1. The van der Waals surface area contributed by atoms with Crippen molar-refractivity contribution in [3.63, 3.8) is 0 Å². The minimum Gasteiger partial charge on any atom is -0.467 e. The van der Waals surface area contributed by atoms with Gasteiger partial charge in [0, 0.05) is 31.9 Å². The third-order valence-corrected chi connectivity index (χ3v) is 6.63. The molecule has 0 aliphatic carbocycles. The van der Waals surface area contributed by atoms with Crippen LogP contribution in [-0.2, 0) is 22.3 Å². The van der Waals surface area contributed by atoms with Crippen LogP contribution in [0.3, 0.4) is 0 Å². The lowest BCUT2D eigenvalue weighted by atomic mass is 10.1. The van der Waals surface area contributed by atoms with Crippen molar-refractivity contribution >= 4 is 28.5 Å². The average Bonchev–Trinajstić information content (AvgIpc) is 3.31. The summed E-state index contributed by atoms with van der Waals surface area (Å²) in [6.07, 6.45) is 2.08. The molecule has 0 spiro atoms. The lowest BCUT2D eigenvalue weighted by Gasteiger charge is -2.36. The van der Waals surface area contributed by atoms with E-state index in [4.69, 9.17) is 9.15 Å². The number of anilines is 2. The van der Waals surface area contributed by atoms with Gasteiger partial charge in [-0.1, -0.05) is 6.92 Å². The molecule has 166 valence electrons. The topological polar surface area (TPSA) is 90.0 Å². The normalized spacial score (nSPS) is 14.7. The first kappa shape index (κ1) is 22.7. The quantitative estimate of drug-likeness (QED) is 0.619. The van der Waals surface area contributed by atoms with Crippen molar-refractivity contribution in [2.75, 3.05) is 47.7 Å². The monoisotopic (exact) mass is 444 g/mol. The van der Waals surface area contributed by atoms with E-state index in [9.17, 15) is 14.3 Å². The van der Waals surface area contributed by atoms with Crippen LogP contribution < -0.4 is 9.21 Å². The zero-order valence-electron chi connectivity index (χ0n) is 18.0. The Morgan fingerprint density at radius 3 is 2.65 bits per heavy atom. The van der Waals surface area contributed by atoms with Crippen molar-refractivity contribution in [1.29, 1.82) is 5.26 Å². The molecule has 1 fully saturated rings. The number of amides is 1. The molecule has 1 amide bonds. The molecule has 1 unspecified atom stereocenters. The van der Waals surface area contributed by atoms with Gasteiger partial charge in [-0.25, -0.2) is 9.00 Å². The minimum absolute atomic E-state index is 0.301. The second-order valence-corrected chi connectivity index (χ2v) is 8.62. The molecule has 31 heavy (non-hydrogen) atoms. The molecule has 0 bridgehead atoms. The highest BCUT2D eigenvalue weighted by Gasteiger charge is 2.24. The van der Waals surface area contributed by atoms with E-state index < -0.39 is 11.0 Å². The Bertz CT molecular complexity index is 933. The van der Waals surface area contributed by atoms with Crippen LogP contribution in [0.5, 0.6) is 0 Å². The van der Waals surface area contributed by atoms with Crippen LogP contribution in [0, 0.1) is 11.3 Å². The van der Waals surface area contributed by atoms with Crippen molar-refractivity contribution in [3.8, 4) is 6.07 Å². The summed E-state index contributed by atoms with van der Waals surface area (Å²) >= 11 is 0. The summed E-state index contributed by atoms with van der Waals surface area (Å²) in [4.78, 5) is 15.7. The lowest BCUT2D eigenvalue weighted by Crippen LogP contribution is -2.49. The highest BCUT2D eigenvalue weighted by Crippen LogP contribution is 2.29. The number of furan rings is 1. The van der Waals surface area contributed by atoms with Gasteiger partial charge < -0.3 is 19.0 Å². The van der Waals surface area contributed by atoms with Gasteiger partial charge in [-0.3, -0.25) is 4.31 Å². The Hall–Kier alpha value is -2.99. The predicted octanol–water partition coefficient (Wildman–Crippen LogP) is 3.51. The van der Waals surface area contributed by atoms with Crippen LogP contribution in [0.25, 0.3) is 0 Å². The SMILES string of the molecule is CCCS(=O)N(Cc1ccco1)c1ccc(N2CCN(C(=O)OCC)CC2)c(C#N)c1. The van der Waals surface area contributed by atoms with Crippen LogP contribution in [0.4, 0.5) is 16.2 Å². The van der Waals surface area contributed by atoms with E-state index >= 15 is 0 Å². The maximum Gasteiger partial charge on any atom is 0.409 e. The summed E-state index contributed by atoms with van der Waals surface area (Å²) in [7, 11) is -1.23. The van der Waals surface area contributed by atoms with Gasteiger partial charge in [0.15, 0.2) is 0 Å². The largest absolute Gasteiger partial charge is 0.467 e. The zero-order valence-corrected chi connectivity index (χ0v) is 18.8. The molecule has 8 nitrogen and oxygen atoms in total. The number of carbonyl (C=O) groups excluding carboxylic acids is 1. The number of benzene rings is 1. The van der Waals surface area contributed by atoms with Gasteiger partial charge in [-0.2, -0.15) is 5.26 Å². The third-order valence-electron chi connectivity index (χ3n) is 5.04. The molecule has 2 heterocycles. The number of nitrogens with zero attached hydrogens (tertiary/aromatic N) is 4. The van der Waals surface area contributed by atoms with E-state index in [-0.39, 0.29) is 6.09 Å². The van der Waals surface area contributed by atoms with Gasteiger partial charge in [-0.05, 0) is 43.7 Å². The maximum absolute atomic E-state index is 12.9. The van der Waals surface area contributed by atoms with Crippen LogP contribution in [0.15, 0.2) is 41.0 Å². The van der Waals surface area contributed by atoms with E-state index in [0.29, 0.717) is 62.1 Å². The van der Waals surface area contributed by atoms with E-state index in [1.54, 1.807) is 34.5 Å². The molecule has 1 aliphatic rings.